The number of amides is 2. The molecule has 1 fully saturated rings. The molecule has 0 aromatic carbocycles. The van der Waals surface area contributed by atoms with Gasteiger partial charge in [-0.15, -0.1) is 0 Å². The number of piperazine rings is 1. The van der Waals surface area contributed by atoms with Crippen LogP contribution in [-0.4, -0.2) is 64.3 Å². The minimum absolute atomic E-state index is 0.124. The van der Waals surface area contributed by atoms with Crippen LogP contribution in [0.1, 0.15) is 19.8 Å². The maximum atomic E-state index is 11.8. The molecule has 0 aliphatic carbocycles. The number of nitrogens with zero attached hydrogens (tertiary/aromatic N) is 2. The van der Waals surface area contributed by atoms with Crippen LogP contribution in [-0.2, 0) is 4.79 Å². The molecule has 2 amide bonds. The molecule has 92 valence electrons. The predicted molar refractivity (Wildman–Crippen MR) is 57.1 cm³/mol. The summed E-state index contributed by atoms with van der Waals surface area (Å²) in [6.45, 7) is 3.13. The molecule has 0 saturated carbocycles. The first-order chi connectivity index (χ1) is 7.57. The molecule has 1 saturated heterocycles. The van der Waals surface area contributed by atoms with Crippen LogP contribution in [0.5, 0.6) is 0 Å². The number of rotatable bonds is 4. The van der Waals surface area contributed by atoms with Gasteiger partial charge in [0.05, 0.1) is 0 Å². The third kappa shape index (κ3) is 2.85. The molecule has 0 spiro atoms. The lowest BCUT2D eigenvalue weighted by Crippen LogP contribution is -2.57. The highest BCUT2D eigenvalue weighted by molar-refractivity contribution is 5.86. The van der Waals surface area contributed by atoms with Gasteiger partial charge in [-0.1, -0.05) is 0 Å². The van der Waals surface area contributed by atoms with Crippen LogP contribution in [0.4, 0.5) is 4.79 Å². The Bertz CT molecular complexity index is 270. The molecule has 1 rings (SSSR count). The molecule has 1 aliphatic rings. The summed E-state index contributed by atoms with van der Waals surface area (Å²) in [5.74, 6) is -0.147. The third-order valence-corrected chi connectivity index (χ3v) is 2.83. The lowest BCUT2D eigenvalue weighted by atomic mass is 10.1. The van der Waals surface area contributed by atoms with E-state index in [1.54, 1.807) is 11.8 Å². The van der Waals surface area contributed by atoms with Crippen molar-refractivity contribution in [1.29, 1.82) is 0 Å². The summed E-state index contributed by atoms with van der Waals surface area (Å²) in [6, 6.07) is -0.597. The van der Waals surface area contributed by atoms with E-state index in [9.17, 15) is 9.59 Å². The molecule has 6 nitrogen and oxygen atoms in total. The number of carboxylic acid groups (broad SMARTS) is 1. The van der Waals surface area contributed by atoms with Gasteiger partial charge >= 0.3 is 6.09 Å². The highest BCUT2D eigenvalue weighted by atomic mass is 16.4. The average molecular weight is 230 g/mol. The lowest BCUT2D eigenvalue weighted by molar-refractivity contribution is -0.139. The van der Waals surface area contributed by atoms with Crippen LogP contribution in [0.3, 0.4) is 0 Å². The Hall–Kier alpha value is -1.30. The first-order valence-corrected chi connectivity index (χ1v) is 5.47. The number of hydrogen-bond donors (Lipinski definition) is 2. The Kier molecular flexibility index (Phi) is 4.54. The molecule has 0 aromatic heterocycles. The fourth-order valence-electron chi connectivity index (χ4n) is 1.83. The number of carbonyl (C=O) groups is 2. The Morgan fingerprint density at radius 1 is 1.44 bits per heavy atom. The van der Waals surface area contributed by atoms with E-state index in [1.807, 2.05) is 0 Å². The SMILES string of the molecule is C[C@H]1C(=O)N(CCCCO)CCN1C(=O)O. The summed E-state index contributed by atoms with van der Waals surface area (Å²) in [7, 11) is 0. The van der Waals surface area contributed by atoms with Crippen molar-refractivity contribution < 1.29 is 19.8 Å². The standard InChI is InChI=1S/C10H18N2O4/c1-8-9(14)11(4-2-3-7-13)5-6-12(8)10(15)16/h8,13H,2-7H2,1H3,(H,15,16)/t8-/m0/s1. The van der Waals surface area contributed by atoms with Crippen LogP contribution in [0.15, 0.2) is 0 Å². The van der Waals surface area contributed by atoms with Crippen LogP contribution in [0.2, 0.25) is 0 Å². The van der Waals surface area contributed by atoms with Crippen molar-refractivity contribution in [3.05, 3.63) is 0 Å². The molecule has 1 atom stereocenters. The van der Waals surface area contributed by atoms with Gasteiger partial charge in [-0.2, -0.15) is 0 Å². The summed E-state index contributed by atoms with van der Waals surface area (Å²) in [5, 5.41) is 17.5. The van der Waals surface area contributed by atoms with E-state index in [0.717, 1.165) is 11.3 Å². The predicted octanol–water partition coefficient (Wildman–Crippen LogP) is -0.0304. The van der Waals surface area contributed by atoms with E-state index >= 15 is 0 Å². The number of aliphatic hydroxyl groups is 1. The molecule has 6 heteroatoms. The van der Waals surface area contributed by atoms with Crippen molar-refractivity contribution in [3.8, 4) is 0 Å². The van der Waals surface area contributed by atoms with E-state index in [4.69, 9.17) is 10.2 Å². The Balaban J connectivity index is 2.48. The number of unbranched alkanes of at least 4 members (excludes halogenated alkanes) is 1. The lowest BCUT2D eigenvalue weighted by Gasteiger charge is -2.37. The zero-order valence-electron chi connectivity index (χ0n) is 9.43. The molecule has 0 radical (unpaired) electrons. The molecule has 0 aromatic rings. The van der Waals surface area contributed by atoms with Crippen molar-refractivity contribution in [1.82, 2.24) is 9.80 Å². The smallest absolute Gasteiger partial charge is 0.408 e. The van der Waals surface area contributed by atoms with E-state index in [1.165, 1.54) is 0 Å². The highest BCUT2D eigenvalue weighted by Gasteiger charge is 2.33. The molecular weight excluding hydrogens is 212 g/mol. The van der Waals surface area contributed by atoms with E-state index in [0.29, 0.717) is 26.1 Å². The Morgan fingerprint density at radius 2 is 2.12 bits per heavy atom. The van der Waals surface area contributed by atoms with Crippen molar-refractivity contribution in [2.24, 2.45) is 0 Å². The average Bonchev–Trinajstić information content (AvgIpc) is 2.24. The molecule has 0 bridgehead atoms. The van der Waals surface area contributed by atoms with Crippen LogP contribution in [0.25, 0.3) is 0 Å². The van der Waals surface area contributed by atoms with Gasteiger partial charge in [0.15, 0.2) is 0 Å². The molecule has 2 N–H and O–H groups in total. The Morgan fingerprint density at radius 3 is 2.69 bits per heavy atom. The van der Waals surface area contributed by atoms with Crippen LogP contribution in [0, 0.1) is 0 Å². The minimum Gasteiger partial charge on any atom is -0.465 e. The second kappa shape index (κ2) is 5.69. The van der Waals surface area contributed by atoms with E-state index in [2.05, 4.69) is 0 Å². The second-order valence-corrected chi connectivity index (χ2v) is 3.91. The zero-order chi connectivity index (χ0) is 12.1. The fourth-order valence-corrected chi connectivity index (χ4v) is 1.83. The van der Waals surface area contributed by atoms with Gasteiger partial charge in [-0.3, -0.25) is 9.69 Å². The first kappa shape index (κ1) is 12.8. The Labute approximate surface area is 94.4 Å². The van der Waals surface area contributed by atoms with Crippen molar-refractivity contribution in [3.63, 3.8) is 0 Å². The van der Waals surface area contributed by atoms with Gasteiger partial charge in [0.25, 0.3) is 0 Å². The fraction of sp³-hybridized carbons (Fsp3) is 0.800. The maximum absolute atomic E-state index is 11.8. The maximum Gasteiger partial charge on any atom is 0.408 e. The third-order valence-electron chi connectivity index (χ3n) is 2.83. The van der Waals surface area contributed by atoms with Crippen LogP contribution >= 0.6 is 0 Å². The number of carbonyl (C=O) groups excluding carboxylic acids is 1. The number of hydrogen-bond acceptors (Lipinski definition) is 3. The summed E-state index contributed by atoms with van der Waals surface area (Å²) in [6.07, 6.45) is 0.374. The van der Waals surface area contributed by atoms with Crippen molar-refractivity contribution in [2.75, 3.05) is 26.2 Å². The van der Waals surface area contributed by atoms with Crippen molar-refractivity contribution in [2.45, 2.75) is 25.8 Å². The minimum atomic E-state index is -1.05. The summed E-state index contributed by atoms with van der Waals surface area (Å²) in [5.41, 5.74) is 0. The zero-order valence-corrected chi connectivity index (χ0v) is 9.43. The van der Waals surface area contributed by atoms with Gasteiger partial charge < -0.3 is 15.1 Å². The molecule has 1 aliphatic heterocycles. The summed E-state index contributed by atoms with van der Waals surface area (Å²) < 4.78 is 0. The van der Waals surface area contributed by atoms with Gasteiger partial charge in [-0.05, 0) is 19.8 Å². The largest absolute Gasteiger partial charge is 0.465 e. The van der Waals surface area contributed by atoms with E-state index in [-0.39, 0.29) is 12.5 Å². The monoisotopic (exact) mass is 230 g/mol. The number of aliphatic hydroxyl groups excluding tert-OH is 1. The molecule has 0 unspecified atom stereocenters. The highest BCUT2D eigenvalue weighted by Crippen LogP contribution is 2.12. The normalized spacial score (nSPS) is 21.4. The summed E-state index contributed by atoms with van der Waals surface area (Å²) in [4.78, 5) is 25.4. The topological polar surface area (TPSA) is 81.1 Å². The quantitative estimate of drug-likeness (QED) is 0.664. The van der Waals surface area contributed by atoms with Gasteiger partial charge in [0.1, 0.15) is 6.04 Å². The van der Waals surface area contributed by atoms with E-state index < -0.39 is 12.1 Å². The van der Waals surface area contributed by atoms with Gasteiger partial charge in [-0.25, -0.2) is 4.79 Å². The van der Waals surface area contributed by atoms with Gasteiger partial charge in [0.2, 0.25) is 5.91 Å². The molecular formula is C10H18N2O4. The second-order valence-electron chi connectivity index (χ2n) is 3.91. The van der Waals surface area contributed by atoms with Crippen molar-refractivity contribution >= 4 is 12.0 Å². The first-order valence-electron chi connectivity index (χ1n) is 5.47. The van der Waals surface area contributed by atoms with Gasteiger partial charge in [0, 0.05) is 26.2 Å². The van der Waals surface area contributed by atoms with Crippen LogP contribution < -0.4 is 0 Å². The molecule has 1 heterocycles. The molecule has 16 heavy (non-hydrogen) atoms. The summed E-state index contributed by atoms with van der Waals surface area (Å²) >= 11 is 0.